The highest BCUT2D eigenvalue weighted by molar-refractivity contribution is 7.91. The second-order valence-corrected chi connectivity index (χ2v) is 13.4. The highest BCUT2D eigenvalue weighted by Crippen LogP contribution is 2.45. The van der Waals surface area contributed by atoms with Crippen molar-refractivity contribution < 1.29 is 37.1 Å². The van der Waals surface area contributed by atoms with E-state index in [9.17, 15) is 32.4 Å². The van der Waals surface area contributed by atoms with E-state index >= 15 is 0 Å². The number of Topliss-reactive ketones (excluding diaryl/α,β-unsaturated/α-hetero) is 1. The quantitative estimate of drug-likeness (QED) is 0.185. The molecule has 0 spiro atoms. The van der Waals surface area contributed by atoms with E-state index in [1.807, 2.05) is 0 Å². The molecule has 13 heteroatoms. The first-order valence-electron chi connectivity index (χ1n) is 13.4. The first kappa shape index (κ1) is 31.1. The average Bonchev–Trinajstić information content (AvgIpc) is 3.76. The van der Waals surface area contributed by atoms with E-state index in [1.54, 1.807) is 20.8 Å². The number of nitrogens with one attached hydrogen (secondary N) is 3. The summed E-state index contributed by atoms with van der Waals surface area (Å²) in [5.74, 6) is 2.01. The van der Waals surface area contributed by atoms with E-state index in [4.69, 9.17) is 4.74 Å². The number of carbonyl (C=O) groups excluding carboxylic acids is 5. The molecule has 0 aromatic carbocycles. The molecule has 0 aromatic rings. The van der Waals surface area contributed by atoms with Gasteiger partial charge in [-0.1, -0.05) is 12.0 Å². The van der Waals surface area contributed by atoms with Gasteiger partial charge in [-0.2, -0.15) is 0 Å². The number of nitrogens with zero attached hydrogens (tertiary/aromatic N) is 1. The van der Waals surface area contributed by atoms with Crippen molar-refractivity contribution in [2.75, 3.05) is 6.54 Å². The molecule has 0 radical (unpaired) electrons. The molecule has 3 N–H and O–H groups in total. The smallest absolute Gasteiger partial charge is 0.408 e. The predicted molar refractivity (Wildman–Crippen MR) is 145 cm³/mol. The molecule has 0 bridgehead atoms. The molecule has 40 heavy (non-hydrogen) atoms. The van der Waals surface area contributed by atoms with Crippen LogP contribution in [0.1, 0.15) is 72.6 Å². The lowest BCUT2D eigenvalue weighted by molar-refractivity contribution is -0.141. The minimum absolute atomic E-state index is 0.0552. The van der Waals surface area contributed by atoms with Gasteiger partial charge >= 0.3 is 6.09 Å². The van der Waals surface area contributed by atoms with Gasteiger partial charge in [-0.05, 0) is 72.1 Å². The Bertz CT molecular complexity index is 1240. The Kier molecular flexibility index (Phi) is 9.34. The Morgan fingerprint density at radius 3 is 2.40 bits per heavy atom. The van der Waals surface area contributed by atoms with E-state index in [0.29, 0.717) is 25.7 Å². The van der Waals surface area contributed by atoms with Gasteiger partial charge in [0.05, 0.1) is 5.25 Å². The van der Waals surface area contributed by atoms with E-state index in [-0.39, 0.29) is 25.8 Å². The summed E-state index contributed by atoms with van der Waals surface area (Å²) in [6, 6.07) is -2.12. The summed E-state index contributed by atoms with van der Waals surface area (Å²) in [6.45, 7) is 10.4. The van der Waals surface area contributed by atoms with Crippen molar-refractivity contribution in [3.05, 3.63) is 12.7 Å². The second-order valence-electron chi connectivity index (χ2n) is 11.4. The van der Waals surface area contributed by atoms with Crippen LogP contribution in [-0.2, 0) is 33.9 Å². The first-order chi connectivity index (χ1) is 18.6. The molecular formula is C27H38N4O8S. The summed E-state index contributed by atoms with van der Waals surface area (Å²) in [4.78, 5) is 65.8. The Morgan fingerprint density at radius 2 is 1.85 bits per heavy atom. The summed E-state index contributed by atoms with van der Waals surface area (Å²) in [5.41, 5.74) is -2.30. The number of rotatable bonds is 11. The van der Waals surface area contributed by atoms with Crippen molar-refractivity contribution >= 4 is 39.6 Å². The zero-order valence-electron chi connectivity index (χ0n) is 23.4. The van der Waals surface area contributed by atoms with Gasteiger partial charge in [0.15, 0.2) is 0 Å². The summed E-state index contributed by atoms with van der Waals surface area (Å²) in [5, 5.41) is 4.59. The Balaban J connectivity index is 1.74. The number of ketones is 1. The number of likely N-dealkylation sites (tertiary alicyclic amines) is 1. The predicted octanol–water partition coefficient (Wildman–Crippen LogP) is 0.913. The van der Waals surface area contributed by atoms with Crippen molar-refractivity contribution in [1.82, 2.24) is 20.3 Å². The maximum Gasteiger partial charge on any atom is 0.408 e. The van der Waals surface area contributed by atoms with Crippen molar-refractivity contribution in [3.63, 3.8) is 0 Å². The van der Waals surface area contributed by atoms with Crippen LogP contribution in [0, 0.1) is 17.8 Å². The molecule has 0 unspecified atom stereocenters. The van der Waals surface area contributed by atoms with Crippen LogP contribution in [0.15, 0.2) is 12.7 Å². The maximum atomic E-state index is 13.6. The number of amides is 4. The first-order valence-corrected chi connectivity index (χ1v) is 14.9. The molecule has 4 atom stereocenters. The number of ether oxygens (including phenoxy) is 1. The number of hydrogen-bond acceptors (Lipinski definition) is 8. The highest BCUT2D eigenvalue weighted by Gasteiger charge is 2.61. The van der Waals surface area contributed by atoms with Crippen LogP contribution in [-0.4, -0.2) is 77.9 Å². The lowest BCUT2D eigenvalue weighted by Gasteiger charge is -2.30. The van der Waals surface area contributed by atoms with Crippen molar-refractivity contribution in [2.45, 2.75) is 101 Å². The number of hydrogen-bond donors (Lipinski definition) is 3. The summed E-state index contributed by atoms with van der Waals surface area (Å²) >= 11 is 0. The molecule has 1 saturated heterocycles. The van der Waals surface area contributed by atoms with E-state index in [0.717, 1.165) is 0 Å². The fraction of sp³-hybridized carbons (Fsp3) is 0.667. The van der Waals surface area contributed by atoms with Gasteiger partial charge in [0.1, 0.15) is 23.2 Å². The summed E-state index contributed by atoms with van der Waals surface area (Å²) < 4.78 is 32.1. The Hall–Kier alpha value is -3.40. The lowest BCUT2D eigenvalue weighted by atomic mass is 10.1. The molecule has 4 amide bonds. The standard InChI is InChI=1S/C27H38N4O8S/c1-6-9-18(32)11-14-20(28-25(36)39-26(3,4)5)23(34)31-15-8-10-21(31)22(33)29-27(16-17(27)7-2)24(35)30-40(37,38)19-12-13-19/h7,17,19-21H,2,8,10-16H2,1,3-5H3,(H,28,36)(H,29,33)(H,30,35)/t17-,20+,21+,27-/m1/s1. The summed E-state index contributed by atoms with van der Waals surface area (Å²) in [6.07, 6.45) is 2.40. The van der Waals surface area contributed by atoms with Crippen LogP contribution < -0.4 is 15.4 Å². The van der Waals surface area contributed by atoms with Crippen molar-refractivity contribution in [3.8, 4) is 11.8 Å². The normalized spacial score (nSPS) is 24.6. The largest absolute Gasteiger partial charge is 0.444 e. The molecule has 3 aliphatic rings. The molecule has 12 nitrogen and oxygen atoms in total. The third-order valence-electron chi connectivity index (χ3n) is 7.00. The van der Waals surface area contributed by atoms with Gasteiger partial charge in [-0.25, -0.2) is 13.2 Å². The third-order valence-corrected chi connectivity index (χ3v) is 8.82. The molecule has 1 aliphatic heterocycles. The highest BCUT2D eigenvalue weighted by atomic mass is 32.2. The van der Waals surface area contributed by atoms with Crippen LogP contribution in [0.4, 0.5) is 4.79 Å². The topological polar surface area (TPSA) is 168 Å². The van der Waals surface area contributed by atoms with Crippen molar-refractivity contribution in [1.29, 1.82) is 0 Å². The van der Waals surface area contributed by atoms with Gasteiger partial charge in [0.25, 0.3) is 5.91 Å². The zero-order chi connectivity index (χ0) is 29.9. The number of alkyl carbamates (subject to hydrolysis) is 1. The molecule has 0 aromatic heterocycles. The van der Waals surface area contributed by atoms with E-state index < -0.39 is 74.0 Å². The zero-order valence-corrected chi connectivity index (χ0v) is 24.2. The van der Waals surface area contributed by atoms with E-state index in [2.05, 4.69) is 33.8 Å². The minimum atomic E-state index is -3.83. The maximum absolute atomic E-state index is 13.6. The van der Waals surface area contributed by atoms with Crippen LogP contribution in [0.3, 0.4) is 0 Å². The van der Waals surface area contributed by atoms with Crippen LogP contribution in [0.2, 0.25) is 0 Å². The SMILES string of the molecule is C=C[C@@H]1C[C@]1(NC(=O)[C@@H]1CCCN1C(=O)[C@H](CCC(=O)C#CC)NC(=O)OC(C)(C)C)C(=O)NS(=O)(=O)C1CC1. The molecule has 2 saturated carbocycles. The minimum Gasteiger partial charge on any atom is -0.444 e. The fourth-order valence-electron chi connectivity index (χ4n) is 4.71. The Morgan fingerprint density at radius 1 is 1.18 bits per heavy atom. The number of carbonyl (C=O) groups is 5. The molecular weight excluding hydrogens is 540 g/mol. The third kappa shape index (κ3) is 7.62. The van der Waals surface area contributed by atoms with Gasteiger partial charge in [0, 0.05) is 18.9 Å². The molecule has 3 rings (SSSR count). The number of sulfonamides is 1. The second kappa shape index (κ2) is 12.0. The molecule has 2 aliphatic carbocycles. The van der Waals surface area contributed by atoms with Crippen LogP contribution >= 0.6 is 0 Å². The van der Waals surface area contributed by atoms with E-state index in [1.165, 1.54) is 17.9 Å². The van der Waals surface area contributed by atoms with Crippen molar-refractivity contribution in [2.24, 2.45) is 5.92 Å². The lowest BCUT2D eigenvalue weighted by Crippen LogP contribution is -2.58. The Labute approximate surface area is 235 Å². The summed E-state index contributed by atoms with van der Waals surface area (Å²) in [7, 11) is -3.83. The van der Waals surface area contributed by atoms with Gasteiger partial charge < -0.3 is 20.3 Å². The van der Waals surface area contributed by atoms with Crippen LogP contribution in [0.25, 0.3) is 0 Å². The van der Waals surface area contributed by atoms with Gasteiger partial charge in [0.2, 0.25) is 27.6 Å². The molecule has 220 valence electrons. The monoisotopic (exact) mass is 578 g/mol. The van der Waals surface area contributed by atoms with Gasteiger partial charge in [-0.15, -0.1) is 6.58 Å². The average molecular weight is 579 g/mol. The molecule has 3 fully saturated rings. The fourth-order valence-corrected chi connectivity index (χ4v) is 6.07. The molecule has 1 heterocycles. The van der Waals surface area contributed by atoms with Crippen LogP contribution in [0.5, 0.6) is 0 Å². The van der Waals surface area contributed by atoms with Gasteiger partial charge in [-0.3, -0.25) is 23.9 Å².